The molecule has 0 amide bonds. The van der Waals surface area contributed by atoms with E-state index in [9.17, 15) is 0 Å². The number of benzene rings is 1. The van der Waals surface area contributed by atoms with Gasteiger partial charge in [0.15, 0.2) is 0 Å². The standard InChI is InChI=1S/C15H11BrN2S/c16-13-5-3-12(4-6-13)14-10-19-15(18-14)8-11-2-1-7-17-9-11/h1-7,9-10H,8H2. The van der Waals surface area contributed by atoms with E-state index in [4.69, 9.17) is 0 Å². The molecule has 2 aromatic heterocycles. The molecule has 0 spiro atoms. The number of halogens is 1. The van der Waals surface area contributed by atoms with Gasteiger partial charge in [-0.3, -0.25) is 4.98 Å². The third-order valence-corrected chi connectivity index (χ3v) is 4.15. The molecule has 0 aliphatic heterocycles. The van der Waals surface area contributed by atoms with E-state index in [1.165, 1.54) is 5.56 Å². The molecule has 0 aliphatic carbocycles. The van der Waals surface area contributed by atoms with Crippen molar-refractivity contribution in [3.63, 3.8) is 0 Å². The maximum atomic E-state index is 4.68. The summed E-state index contributed by atoms with van der Waals surface area (Å²) >= 11 is 5.14. The van der Waals surface area contributed by atoms with Gasteiger partial charge >= 0.3 is 0 Å². The molecular formula is C15H11BrN2S. The Morgan fingerprint density at radius 1 is 1.11 bits per heavy atom. The van der Waals surface area contributed by atoms with Gasteiger partial charge in [-0.05, 0) is 23.8 Å². The molecule has 1 aromatic carbocycles. The van der Waals surface area contributed by atoms with Crippen molar-refractivity contribution in [2.24, 2.45) is 0 Å². The molecule has 3 aromatic rings. The third-order valence-electron chi connectivity index (χ3n) is 2.77. The van der Waals surface area contributed by atoms with Crippen molar-refractivity contribution in [3.8, 4) is 11.3 Å². The summed E-state index contributed by atoms with van der Waals surface area (Å²) in [7, 11) is 0. The van der Waals surface area contributed by atoms with Crippen molar-refractivity contribution in [3.05, 3.63) is 69.2 Å². The quantitative estimate of drug-likeness (QED) is 0.703. The summed E-state index contributed by atoms with van der Waals surface area (Å²) < 4.78 is 1.09. The van der Waals surface area contributed by atoms with E-state index in [1.807, 2.05) is 24.4 Å². The topological polar surface area (TPSA) is 25.8 Å². The summed E-state index contributed by atoms with van der Waals surface area (Å²) in [5, 5.41) is 3.22. The highest BCUT2D eigenvalue weighted by Gasteiger charge is 2.05. The van der Waals surface area contributed by atoms with Crippen LogP contribution in [0, 0.1) is 0 Å². The fourth-order valence-electron chi connectivity index (χ4n) is 1.82. The van der Waals surface area contributed by atoms with Gasteiger partial charge in [0.2, 0.25) is 0 Å². The van der Waals surface area contributed by atoms with Crippen LogP contribution in [0.5, 0.6) is 0 Å². The molecule has 3 rings (SSSR count). The fourth-order valence-corrected chi connectivity index (χ4v) is 2.92. The van der Waals surface area contributed by atoms with E-state index < -0.39 is 0 Å². The lowest BCUT2D eigenvalue weighted by atomic mass is 10.2. The monoisotopic (exact) mass is 330 g/mol. The molecule has 0 atom stereocenters. The van der Waals surface area contributed by atoms with Crippen molar-refractivity contribution < 1.29 is 0 Å². The first kappa shape index (κ1) is 12.5. The molecule has 19 heavy (non-hydrogen) atoms. The Hall–Kier alpha value is -1.52. The highest BCUT2D eigenvalue weighted by molar-refractivity contribution is 9.10. The first-order valence-electron chi connectivity index (χ1n) is 5.90. The second-order valence-corrected chi connectivity index (χ2v) is 6.03. The zero-order chi connectivity index (χ0) is 13.1. The molecule has 0 N–H and O–H groups in total. The molecule has 0 unspecified atom stereocenters. The van der Waals surface area contributed by atoms with E-state index in [2.05, 4.69) is 49.5 Å². The summed E-state index contributed by atoms with van der Waals surface area (Å²) in [4.78, 5) is 8.81. The molecule has 2 nitrogen and oxygen atoms in total. The van der Waals surface area contributed by atoms with E-state index in [-0.39, 0.29) is 0 Å². The summed E-state index contributed by atoms with van der Waals surface area (Å²) in [5.41, 5.74) is 3.38. The molecule has 94 valence electrons. The minimum Gasteiger partial charge on any atom is -0.264 e. The number of hydrogen-bond acceptors (Lipinski definition) is 3. The Balaban J connectivity index is 1.82. The van der Waals surface area contributed by atoms with Gasteiger partial charge in [0.1, 0.15) is 0 Å². The maximum absolute atomic E-state index is 4.68. The number of thiazole rings is 1. The van der Waals surface area contributed by atoms with Crippen LogP contribution in [0.4, 0.5) is 0 Å². The van der Waals surface area contributed by atoms with Crippen molar-refractivity contribution >= 4 is 27.3 Å². The zero-order valence-electron chi connectivity index (χ0n) is 10.1. The number of hydrogen-bond donors (Lipinski definition) is 0. The minimum atomic E-state index is 0.842. The fraction of sp³-hybridized carbons (Fsp3) is 0.0667. The Morgan fingerprint density at radius 2 is 1.95 bits per heavy atom. The average Bonchev–Trinajstić information content (AvgIpc) is 2.89. The zero-order valence-corrected chi connectivity index (χ0v) is 12.5. The molecule has 0 saturated heterocycles. The van der Waals surface area contributed by atoms with Gasteiger partial charge in [0.25, 0.3) is 0 Å². The van der Waals surface area contributed by atoms with Crippen LogP contribution in [-0.4, -0.2) is 9.97 Å². The van der Waals surface area contributed by atoms with Crippen LogP contribution < -0.4 is 0 Å². The van der Waals surface area contributed by atoms with Gasteiger partial charge in [0, 0.05) is 34.2 Å². The normalized spacial score (nSPS) is 10.6. The minimum absolute atomic E-state index is 0.842. The number of pyridine rings is 1. The smallest absolute Gasteiger partial charge is 0.0977 e. The first-order valence-corrected chi connectivity index (χ1v) is 7.58. The van der Waals surface area contributed by atoms with Gasteiger partial charge in [-0.25, -0.2) is 4.98 Å². The molecular weight excluding hydrogens is 320 g/mol. The predicted octanol–water partition coefficient (Wildman–Crippen LogP) is 4.56. The van der Waals surface area contributed by atoms with Crippen molar-refractivity contribution in [1.29, 1.82) is 0 Å². The van der Waals surface area contributed by atoms with E-state index in [0.717, 1.165) is 27.2 Å². The summed E-state index contributed by atoms with van der Waals surface area (Å²) in [6.07, 6.45) is 4.52. The van der Waals surface area contributed by atoms with Crippen LogP contribution in [0.15, 0.2) is 58.6 Å². The summed E-state index contributed by atoms with van der Waals surface area (Å²) in [5.74, 6) is 0. The van der Waals surface area contributed by atoms with Gasteiger partial charge in [-0.2, -0.15) is 0 Å². The second kappa shape index (κ2) is 5.63. The second-order valence-electron chi connectivity index (χ2n) is 4.17. The van der Waals surface area contributed by atoms with Crippen molar-refractivity contribution in [1.82, 2.24) is 9.97 Å². The molecule has 0 fully saturated rings. The lowest BCUT2D eigenvalue weighted by Crippen LogP contribution is -1.88. The summed E-state index contributed by atoms with van der Waals surface area (Å²) in [6, 6.07) is 12.3. The van der Waals surface area contributed by atoms with Crippen LogP contribution in [0.25, 0.3) is 11.3 Å². The SMILES string of the molecule is Brc1ccc(-c2csc(Cc3cccnc3)n2)cc1. The Bertz CT molecular complexity index is 662. The van der Waals surface area contributed by atoms with Crippen LogP contribution in [0.2, 0.25) is 0 Å². The van der Waals surface area contributed by atoms with Crippen LogP contribution in [0.1, 0.15) is 10.6 Å². The predicted molar refractivity (Wildman–Crippen MR) is 82.3 cm³/mol. The van der Waals surface area contributed by atoms with Gasteiger partial charge in [0.05, 0.1) is 10.7 Å². The molecule has 0 radical (unpaired) electrons. The third kappa shape index (κ3) is 3.08. The number of rotatable bonds is 3. The molecule has 0 aliphatic rings. The van der Waals surface area contributed by atoms with Gasteiger partial charge in [-0.15, -0.1) is 11.3 Å². The Kier molecular flexibility index (Phi) is 3.71. The molecule has 0 saturated carbocycles. The van der Waals surface area contributed by atoms with Crippen LogP contribution in [-0.2, 0) is 6.42 Å². The average molecular weight is 331 g/mol. The first-order chi connectivity index (χ1) is 9.31. The van der Waals surface area contributed by atoms with Gasteiger partial charge < -0.3 is 0 Å². The number of nitrogens with zero attached hydrogens (tertiary/aromatic N) is 2. The van der Waals surface area contributed by atoms with E-state index >= 15 is 0 Å². The Labute approximate surface area is 124 Å². The molecule has 0 bridgehead atoms. The summed E-state index contributed by atoms with van der Waals surface area (Å²) in [6.45, 7) is 0. The molecule has 2 heterocycles. The van der Waals surface area contributed by atoms with E-state index in [1.54, 1.807) is 17.5 Å². The molecule has 4 heteroatoms. The Morgan fingerprint density at radius 3 is 2.68 bits per heavy atom. The number of aromatic nitrogens is 2. The highest BCUT2D eigenvalue weighted by atomic mass is 79.9. The largest absolute Gasteiger partial charge is 0.264 e. The van der Waals surface area contributed by atoms with Crippen molar-refractivity contribution in [2.75, 3.05) is 0 Å². The maximum Gasteiger partial charge on any atom is 0.0977 e. The lowest BCUT2D eigenvalue weighted by molar-refractivity contribution is 1.11. The van der Waals surface area contributed by atoms with Crippen LogP contribution in [0.3, 0.4) is 0 Å². The highest BCUT2D eigenvalue weighted by Crippen LogP contribution is 2.24. The lowest BCUT2D eigenvalue weighted by Gasteiger charge is -1.97. The van der Waals surface area contributed by atoms with E-state index in [0.29, 0.717) is 0 Å². The van der Waals surface area contributed by atoms with Gasteiger partial charge in [-0.1, -0.05) is 34.1 Å². The van der Waals surface area contributed by atoms with Crippen molar-refractivity contribution in [2.45, 2.75) is 6.42 Å². The van der Waals surface area contributed by atoms with Crippen LogP contribution >= 0.6 is 27.3 Å².